The molecule has 42 heavy (non-hydrogen) atoms. The van der Waals surface area contributed by atoms with Gasteiger partial charge in [-0.3, -0.25) is 14.9 Å². The van der Waals surface area contributed by atoms with Gasteiger partial charge in [-0.05, 0) is 62.4 Å². The highest BCUT2D eigenvalue weighted by Gasteiger charge is 2.21. The first-order chi connectivity index (χ1) is 19.8. The smallest absolute Gasteiger partial charge is 0.339 e. The molecule has 0 heterocycles. The fourth-order valence-electron chi connectivity index (χ4n) is 3.46. The number of nitrogens with zero attached hydrogens (tertiary/aromatic N) is 2. The Kier molecular flexibility index (Phi) is 8.68. The van der Waals surface area contributed by atoms with Crippen LogP contribution in [0.4, 0.5) is 5.69 Å². The lowest BCUT2D eigenvalue weighted by atomic mass is 10.2. The number of rotatable bonds is 10. The molecule has 0 bridgehead atoms. The van der Waals surface area contributed by atoms with Crippen molar-refractivity contribution in [1.29, 1.82) is 0 Å². The molecule has 4 aromatic carbocycles. The van der Waals surface area contributed by atoms with Crippen LogP contribution < -0.4 is 13.8 Å². The van der Waals surface area contributed by atoms with Crippen molar-refractivity contribution in [1.82, 2.24) is 5.43 Å². The summed E-state index contributed by atoms with van der Waals surface area (Å²) in [5, 5.41) is 14.6. The summed E-state index contributed by atoms with van der Waals surface area (Å²) in [6, 6.07) is 20.2. The van der Waals surface area contributed by atoms with Crippen molar-refractivity contribution in [3.05, 3.63) is 123 Å². The molecule has 4 rings (SSSR count). The molecule has 0 aliphatic heterocycles. The fraction of sp³-hybridized carbons (Fsp3) is 0.0714. The van der Waals surface area contributed by atoms with E-state index < -0.39 is 31.1 Å². The topological polar surface area (TPSA) is 171 Å². The fourth-order valence-corrected chi connectivity index (χ4v) is 5.32. The van der Waals surface area contributed by atoms with E-state index in [1.807, 2.05) is 0 Å². The number of aryl methyl sites for hydroxylation is 2. The Balaban J connectivity index is 1.63. The maximum absolute atomic E-state index is 13.0. The van der Waals surface area contributed by atoms with Crippen molar-refractivity contribution >= 4 is 38.0 Å². The third-order valence-electron chi connectivity index (χ3n) is 5.72. The molecule has 0 atom stereocenters. The molecule has 0 aliphatic rings. The molecule has 0 radical (unpaired) electrons. The Morgan fingerprint density at radius 1 is 0.786 bits per heavy atom. The van der Waals surface area contributed by atoms with E-state index in [1.54, 1.807) is 38.1 Å². The Bertz CT molecular complexity index is 1870. The zero-order valence-electron chi connectivity index (χ0n) is 22.1. The molecule has 4 aromatic rings. The van der Waals surface area contributed by atoms with E-state index >= 15 is 0 Å². The van der Waals surface area contributed by atoms with Gasteiger partial charge in [-0.15, -0.1) is 0 Å². The van der Waals surface area contributed by atoms with E-state index in [0.717, 1.165) is 35.5 Å². The minimum Gasteiger partial charge on any atom is -0.379 e. The summed E-state index contributed by atoms with van der Waals surface area (Å²) in [4.78, 5) is 22.4. The third kappa shape index (κ3) is 7.35. The van der Waals surface area contributed by atoms with Gasteiger partial charge in [0.1, 0.15) is 15.5 Å². The van der Waals surface area contributed by atoms with Crippen LogP contribution in [0.25, 0.3) is 0 Å². The van der Waals surface area contributed by atoms with Crippen molar-refractivity contribution in [2.75, 3.05) is 0 Å². The number of hydrazone groups is 1. The van der Waals surface area contributed by atoms with Gasteiger partial charge in [0.15, 0.2) is 5.75 Å². The van der Waals surface area contributed by atoms with Gasteiger partial charge in [0.05, 0.1) is 11.1 Å². The Labute approximate surface area is 241 Å². The van der Waals surface area contributed by atoms with Gasteiger partial charge in [-0.25, -0.2) is 5.43 Å². The zero-order chi connectivity index (χ0) is 30.5. The number of nitro groups is 1. The van der Waals surface area contributed by atoms with Crippen LogP contribution in [0, 0.1) is 24.0 Å². The molecule has 0 unspecified atom stereocenters. The highest BCUT2D eigenvalue weighted by molar-refractivity contribution is 7.87. The van der Waals surface area contributed by atoms with Crippen LogP contribution >= 0.6 is 0 Å². The SMILES string of the molecule is Cc1ccc(S(=O)(=O)Oc2ccc(/C=N/NC(=O)c3ccc([N+](=O)[O-])cc3)c(OS(=O)(=O)c3ccc(C)cc3)c2)cc1. The molecule has 14 heteroatoms. The van der Waals surface area contributed by atoms with E-state index in [4.69, 9.17) is 8.37 Å². The van der Waals surface area contributed by atoms with Crippen LogP contribution in [0.2, 0.25) is 0 Å². The van der Waals surface area contributed by atoms with Crippen molar-refractivity contribution in [3.63, 3.8) is 0 Å². The van der Waals surface area contributed by atoms with Gasteiger partial charge >= 0.3 is 20.2 Å². The lowest BCUT2D eigenvalue weighted by molar-refractivity contribution is -0.384. The molecular weight excluding hydrogens is 586 g/mol. The molecule has 0 fully saturated rings. The minimum atomic E-state index is -4.37. The second kappa shape index (κ2) is 12.2. The van der Waals surface area contributed by atoms with E-state index in [-0.39, 0.29) is 38.1 Å². The summed E-state index contributed by atoms with van der Waals surface area (Å²) >= 11 is 0. The van der Waals surface area contributed by atoms with Gasteiger partial charge in [0.25, 0.3) is 11.6 Å². The second-order valence-electron chi connectivity index (χ2n) is 8.90. The first-order valence-corrected chi connectivity index (χ1v) is 14.9. The molecular formula is C28H23N3O9S2. The van der Waals surface area contributed by atoms with Crippen molar-refractivity contribution in [2.45, 2.75) is 23.6 Å². The van der Waals surface area contributed by atoms with Gasteiger partial charge in [0, 0.05) is 29.3 Å². The van der Waals surface area contributed by atoms with Crippen LogP contribution in [0.3, 0.4) is 0 Å². The van der Waals surface area contributed by atoms with E-state index in [1.165, 1.54) is 48.5 Å². The monoisotopic (exact) mass is 609 g/mol. The summed E-state index contributed by atoms with van der Waals surface area (Å²) in [5.74, 6) is -1.27. The predicted molar refractivity (Wildman–Crippen MR) is 153 cm³/mol. The summed E-state index contributed by atoms with van der Waals surface area (Å²) < 4.78 is 62.2. The quantitative estimate of drug-likeness (QED) is 0.118. The molecule has 0 spiro atoms. The lowest BCUT2D eigenvalue weighted by Gasteiger charge is -2.12. The van der Waals surface area contributed by atoms with Crippen molar-refractivity contribution in [3.8, 4) is 11.5 Å². The van der Waals surface area contributed by atoms with Crippen LogP contribution in [-0.4, -0.2) is 33.9 Å². The van der Waals surface area contributed by atoms with E-state index in [0.29, 0.717) is 0 Å². The molecule has 0 saturated carbocycles. The third-order valence-corrected chi connectivity index (χ3v) is 8.23. The predicted octanol–water partition coefficient (Wildman–Crippen LogP) is 4.51. The van der Waals surface area contributed by atoms with Gasteiger partial charge in [-0.1, -0.05) is 35.4 Å². The van der Waals surface area contributed by atoms with Gasteiger partial charge in [-0.2, -0.15) is 21.9 Å². The highest BCUT2D eigenvalue weighted by Crippen LogP contribution is 2.29. The number of non-ortho nitro benzene ring substituents is 1. The summed E-state index contributed by atoms with van der Waals surface area (Å²) in [7, 11) is -8.64. The first-order valence-electron chi connectivity index (χ1n) is 12.1. The first kappa shape index (κ1) is 29.9. The number of carbonyl (C=O) groups is 1. The maximum atomic E-state index is 13.0. The highest BCUT2D eigenvalue weighted by atomic mass is 32.2. The van der Waals surface area contributed by atoms with Crippen LogP contribution in [0.5, 0.6) is 11.5 Å². The van der Waals surface area contributed by atoms with Gasteiger partial charge < -0.3 is 8.37 Å². The molecule has 0 aromatic heterocycles. The number of carbonyl (C=O) groups excluding carboxylic acids is 1. The Morgan fingerprint density at radius 3 is 1.83 bits per heavy atom. The number of nitro benzene ring substituents is 1. The van der Waals surface area contributed by atoms with Crippen molar-refractivity contribution in [2.24, 2.45) is 5.10 Å². The molecule has 12 nitrogen and oxygen atoms in total. The normalized spacial score (nSPS) is 11.7. The number of amides is 1. The summed E-state index contributed by atoms with van der Waals surface area (Å²) in [5.41, 5.74) is 3.84. The van der Waals surface area contributed by atoms with E-state index in [2.05, 4.69) is 10.5 Å². The van der Waals surface area contributed by atoms with Crippen LogP contribution in [-0.2, 0) is 20.2 Å². The lowest BCUT2D eigenvalue weighted by Crippen LogP contribution is -2.17. The number of hydrogen-bond acceptors (Lipinski definition) is 10. The number of hydrogen-bond donors (Lipinski definition) is 1. The Hall–Kier alpha value is -5.08. The van der Waals surface area contributed by atoms with Crippen molar-refractivity contribution < 1.29 is 34.9 Å². The molecule has 0 aliphatic carbocycles. The second-order valence-corrected chi connectivity index (χ2v) is 12.0. The minimum absolute atomic E-state index is 0.0507. The Morgan fingerprint density at radius 2 is 1.31 bits per heavy atom. The van der Waals surface area contributed by atoms with E-state index in [9.17, 15) is 31.7 Å². The summed E-state index contributed by atoms with van der Waals surface area (Å²) in [6.07, 6.45) is 1.08. The number of benzene rings is 4. The van der Waals surface area contributed by atoms with Gasteiger partial charge in [0.2, 0.25) is 0 Å². The maximum Gasteiger partial charge on any atom is 0.339 e. The summed E-state index contributed by atoms with van der Waals surface area (Å²) in [6.45, 7) is 3.58. The molecule has 216 valence electrons. The average Bonchev–Trinajstić information content (AvgIpc) is 2.94. The molecule has 1 N–H and O–H groups in total. The van der Waals surface area contributed by atoms with Crippen LogP contribution in [0.15, 0.2) is 106 Å². The standard InChI is InChI=1S/C28H23N3O9S2/c1-19-3-13-25(14-4-19)41(35,36)39-24-12-9-22(18-29-30-28(32)21-7-10-23(11-8-21)31(33)34)27(17-24)40-42(37,38)26-15-5-20(2)6-16-26/h3-18H,1-2H3,(H,30,32)/b29-18+. The zero-order valence-corrected chi connectivity index (χ0v) is 23.8. The molecule has 1 amide bonds. The largest absolute Gasteiger partial charge is 0.379 e. The van der Waals surface area contributed by atoms with Crippen LogP contribution in [0.1, 0.15) is 27.0 Å². The number of nitrogens with one attached hydrogen (secondary N) is 1. The molecule has 0 saturated heterocycles. The average molecular weight is 610 g/mol.